The Hall–Kier alpha value is -4.33. The van der Waals surface area contributed by atoms with Gasteiger partial charge in [0.1, 0.15) is 5.82 Å². The summed E-state index contributed by atoms with van der Waals surface area (Å²) >= 11 is 0. The molecule has 3 aromatic carbocycles. The number of hydrogen-bond donors (Lipinski definition) is 1. The average Bonchev–Trinajstić information content (AvgIpc) is 3.48. The van der Waals surface area contributed by atoms with Gasteiger partial charge in [-0.25, -0.2) is 9.07 Å². The van der Waals surface area contributed by atoms with Crippen molar-refractivity contribution < 1.29 is 9.31 Å². The molecule has 0 saturated carbocycles. The third-order valence-corrected chi connectivity index (χ3v) is 5.40. The molecule has 32 heavy (non-hydrogen) atoms. The Bertz CT molecular complexity index is 1320. The Morgan fingerprint density at radius 1 is 1.00 bits per heavy atom. The van der Waals surface area contributed by atoms with Gasteiger partial charge in [-0.1, -0.05) is 30.3 Å². The first-order valence-corrected chi connectivity index (χ1v) is 10.1. The molecule has 0 saturated heterocycles. The molecule has 4 aromatic rings. The first-order valence-electron chi connectivity index (χ1n) is 10.1. The van der Waals surface area contributed by atoms with Gasteiger partial charge in [0.15, 0.2) is 0 Å². The van der Waals surface area contributed by atoms with Gasteiger partial charge in [-0.15, -0.1) is 0 Å². The maximum absolute atomic E-state index is 13.5. The molecule has 0 fully saturated rings. The van der Waals surface area contributed by atoms with Crippen LogP contribution in [0.5, 0.6) is 0 Å². The minimum atomic E-state index is -0.416. The van der Waals surface area contributed by atoms with Gasteiger partial charge in [-0.3, -0.25) is 10.1 Å². The summed E-state index contributed by atoms with van der Waals surface area (Å²) in [4.78, 5) is 10.7. The number of nitrogens with one attached hydrogen (secondary N) is 1. The van der Waals surface area contributed by atoms with Crippen molar-refractivity contribution in [3.63, 3.8) is 0 Å². The molecule has 158 valence electrons. The van der Waals surface area contributed by atoms with Crippen LogP contribution in [0, 0.1) is 15.9 Å². The lowest BCUT2D eigenvalue weighted by Crippen LogP contribution is -2.10. The molecule has 0 spiro atoms. The minimum absolute atomic E-state index is 0.0255. The molecule has 8 heteroatoms. The van der Waals surface area contributed by atoms with Gasteiger partial charge >= 0.3 is 0 Å². The van der Waals surface area contributed by atoms with E-state index in [9.17, 15) is 14.5 Å². The first kappa shape index (κ1) is 19.6. The van der Waals surface area contributed by atoms with E-state index in [1.165, 1.54) is 24.3 Å². The van der Waals surface area contributed by atoms with Gasteiger partial charge < -0.3 is 5.43 Å². The minimum Gasteiger partial charge on any atom is -0.302 e. The van der Waals surface area contributed by atoms with Gasteiger partial charge in [0, 0.05) is 41.4 Å². The maximum Gasteiger partial charge on any atom is 0.270 e. The fraction of sp³-hybridized carbons (Fsp3) is 0.0833. The number of nitrogens with zero attached hydrogens (tertiary/aromatic N) is 4. The highest BCUT2D eigenvalue weighted by Crippen LogP contribution is 2.33. The van der Waals surface area contributed by atoms with Crippen LogP contribution in [0.4, 0.5) is 10.1 Å². The van der Waals surface area contributed by atoms with Crippen LogP contribution in [0.1, 0.15) is 23.6 Å². The molecule has 1 aliphatic rings. The number of halogens is 1. The molecule has 0 aliphatic carbocycles. The van der Waals surface area contributed by atoms with Crippen molar-refractivity contribution in [2.24, 2.45) is 5.10 Å². The fourth-order valence-corrected chi connectivity index (χ4v) is 3.79. The zero-order chi connectivity index (χ0) is 22.1. The molecule has 1 aliphatic heterocycles. The number of non-ortho nitro benzene ring substituents is 1. The lowest BCUT2D eigenvalue weighted by Gasteiger charge is -2.10. The third-order valence-electron chi connectivity index (χ3n) is 5.40. The van der Waals surface area contributed by atoms with Gasteiger partial charge in [-0.05, 0) is 36.4 Å². The molecule has 5 rings (SSSR count). The lowest BCUT2D eigenvalue weighted by molar-refractivity contribution is -0.384. The Kier molecular flexibility index (Phi) is 4.95. The van der Waals surface area contributed by atoms with Crippen LogP contribution < -0.4 is 5.43 Å². The van der Waals surface area contributed by atoms with Crippen molar-refractivity contribution >= 4 is 11.4 Å². The summed E-state index contributed by atoms with van der Waals surface area (Å²) in [6, 6.07) is 22.2. The molecule has 0 radical (unpaired) electrons. The second-order valence-electron chi connectivity index (χ2n) is 7.47. The topological polar surface area (TPSA) is 85.4 Å². The van der Waals surface area contributed by atoms with E-state index in [1.54, 1.807) is 22.9 Å². The summed E-state index contributed by atoms with van der Waals surface area (Å²) in [7, 11) is 0. The Balaban J connectivity index is 1.50. The average molecular weight is 427 g/mol. The number of hydrogen-bond acceptors (Lipinski definition) is 5. The monoisotopic (exact) mass is 427 g/mol. The third kappa shape index (κ3) is 3.74. The van der Waals surface area contributed by atoms with Crippen molar-refractivity contribution in [2.45, 2.75) is 12.5 Å². The lowest BCUT2D eigenvalue weighted by atomic mass is 9.97. The zero-order valence-electron chi connectivity index (χ0n) is 16.9. The van der Waals surface area contributed by atoms with E-state index >= 15 is 0 Å². The van der Waals surface area contributed by atoms with E-state index in [-0.39, 0.29) is 17.5 Å². The van der Waals surface area contributed by atoms with E-state index < -0.39 is 4.92 Å². The van der Waals surface area contributed by atoms with E-state index in [4.69, 9.17) is 5.10 Å². The van der Waals surface area contributed by atoms with E-state index in [0.29, 0.717) is 12.0 Å². The molecule has 0 bridgehead atoms. The van der Waals surface area contributed by atoms with Crippen molar-refractivity contribution in [3.8, 4) is 16.9 Å². The molecule has 0 amide bonds. The van der Waals surface area contributed by atoms with Gasteiger partial charge in [0.05, 0.1) is 28.1 Å². The van der Waals surface area contributed by atoms with Gasteiger partial charge in [-0.2, -0.15) is 10.2 Å². The van der Waals surface area contributed by atoms with Crippen LogP contribution in [-0.4, -0.2) is 20.4 Å². The molecule has 7 nitrogen and oxygen atoms in total. The molecule has 1 atom stereocenters. The maximum atomic E-state index is 13.5. The van der Waals surface area contributed by atoms with Gasteiger partial charge in [0.2, 0.25) is 0 Å². The van der Waals surface area contributed by atoms with E-state index in [0.717, 1.165) is 28.2 Å². The SMILES string of the molecule is O=[N+]([O-])c1cccc(C2=NNC(c3cn(-c4ccccc4)nc3-c3ccc(F)cc3)C2)c1. The summed E-state index contributed by atoms with van der Waals surface area (Å²) in [5, 5.41) is 20.3. The van der Waals surface area contributed by atoms with Crippen LogP contribution in [0.25, 0.3) is 16.9 Å². The summed E-state index contributed by atoms with van der Waals surface area (Å²) in [6.45, 7) is 0. The number of para-hydroxylation sites is 1. The second kappa shape index (κ2) is 8.07. The molecular weight excluding hydrogens is 409 g/mol. The standard InChI is InChI=1S/C24H18FN5O2/c25-18-11-9-16(10-12-18)24-21(15-29(28-24)19-6-2-1-3-7-19)23-14-22(26-27-23)17-5-4-8-20(13-17)30(31)32/h1-13,15,23,27H,14H2. The highest BCUT2D eigenvalue weighted by Gasteiger charge is 2.27. The summed E-state index contributed by atoms with van der Waals surface area (Å²) in [6.07, 6.45) is 2.48. The highest BCUT2D eigenvalue weighted by molar-refractivity contribution is 6.02. The van der Waals surface area contributed by atoms with Crippen molar-refractivity contribution in [2.75, 3.05) is 0 Å². The summed E-state index contributed by atoms with van der Waals surface area (Å²) < 4.78 is 15.3. The molecule has 1 unspecified atom stereocenters. The molecule has 1 N–H and O–H groups in total. The van der Waals surface area contributed by atoms with E-state index in [1.807, 2.05) is 42.6 Å². The Morgan fingerprint density at radius 3 is 2.53 bits per heavy atom. The normalized spacial score (nSPS) is 15.3. The number of hydrazone groups is 1. The number of aromatic nitrogens is 2. The quantitative estimate of drug-likeness (QED) is 0.358. The van der Waals surface area contributed by atoms with Crippen molar-refractivity contribution in [1.82, 2.24) is 15.2 Å². The van der Waals surface area contributed by atoms with Crippen molar-refractivity contribution in [1.29, 1.82) is 0 Å². The first-order chi connectivity index (χ1) is 15.6. The van der Waals surface area contributed by atoms with Gasteiger partial charge in [0.25, 0.3) is 5.69 Å². The predicted molar refractivity (Wildman–Crippen MR) is 119 cm³/mol. The van der Waals surface area contributed by atoms with Crippen LogP contribution >= 0.6 is 0 Å². The number of rotatable bonds is 5. The predicted octanol–water partition coefficient (Wildman–Crippen LogP) is 5.03. The fourth-order valence-electron chi connectivity index (χ4n) is 3.79. The van der Waals surface area contributed by atoms with Crippen LogP contribution in [0.2, 0.25) is 0 Å². The highest BCUT2D eigenvalue weighted by atomic mass is 19.1. The number of nitro groups is 1. The summed E-state index contributed by atoms with van der Waals surface area (Å²) in [5.74, 6) is -0.312. The zero-order valence-corrected chi connectivity index (χ0v) is 16.9. The number of benzene rings is 3. The molecule has 1 aromatic heterocycles. The molecule has 2 heterocycles. The van der Waals surface area contributed by atoms with Crippen molar-refractivity contribution in [3.05, 3.63) is 112 Å². The smallest absolute Gasteiger partial charge is 0.270 e. The van der Waals surface area contributed by atoms with E-state index in [2.05, 4.69) is 10.5 Å². The Labute approximate surface area is 183 Å². The van der Waals surface area contributed by atoms with Crippen LogP contribution in [0.3, 0.4) is 0 Å². The van der Waals surface area contributed by atoms with Crippen LogP contribution in [0.15, 0.2) is 90.2 Å². The largest absolute Gasteiger partial charge is 0.302 e. The Morgan fingerprint density at radius 2 is 1.78 bits per heavy atom. The number of nitro benzene ring substituents is 1. The van der Waals surface area contributed by atoms with Crippen LogP contribution in [-0.2, 0) is 0 Å². The second-order valence-corrected chi connectivity index (χ2v) is 7.47. The summed E-state index contributed by atoms with van der Waals surface area (Å²) in [5.41, 5.74) is 7.93. The molecular formula is C24H18FN5O2.